The van der Waals surface area contributed by atoms with Gasteiger partial charge in [-0.25, -0.2) is 4.90 Å². The highest BCUT2D eigenvalue weighted by Crippen LogP contribution is 2.60. The van der Waals surface area contributed by atoms with Gasteiger partial charge >= 0.3 is 0 Å². The summed E-state index contributed by atoms with van der Waals surface area (Å²) < 4.78 is 10.6. The molecule has 1 N–H and O–H groups in total. The third-order valence-corrected chi connectivity index (χ3v) is 10.2. The first-order valence-corrected chi connectivity index (χ1v) is 12.5. The third kappa shape index (κ3) is 3.39. The molecule has 7 nitrogen and oxygen atoms in total. The number of nitrogens with one attached hydrogen (secondary N) is 1. The summed E-state index contributed by atoms with van der Waals surface area (Å²) in [4.78, 5) is 41.7. The topological polar surface area (TPSA) is 84.9 Å². The van der Waals surface area contributed by atoms with Gasteiger partial charge in [-0.3, -0.25) is 14.4 Å². The molecule has 2 bridgehead atoms. The molecule has 172 valence electrons. The molecule has 0 aromatic heterocycles. The zero-order chi connectivity index (χ0) is 23.4. The number of rotatable bonds is 5. The number of amides is 3. The largest absolute Gasteiger partial charge is 0.497 e. The fourth-order valence-electron chi connectivity index (χ4n) is 5.54. The lowest BCUT2D eigenvalue weighted by atomic mass is 9.81. The van der Waals surface area contributed by atoms with Crippen LogP contribution >= 0.6 is 31.9 Å². The number of halogens is 2. The van der Waals surface area contributed by atoms with E-state index in [0.29, 0.717) is 22.9 Å². The lowest BCUT2D eigenvalue weighted by Gasteiger charge is -2.28. The molecule has 3 aliphatic rings. The Morgan fingerprint density at radius 3 is 2.21 bits per heavy atom. The van der Waals surface area contributed by atoms with Gasteiger partial charge in [0.15, 0.2) is 0 Å². The van der Waals surface area contributed by atoms with Gasteiger partial charge in [-0.15, -0.1) is 0 Å². The Labute approximate surface area is 208 Å². The number of hydrogen-bond donors (Lipinski definition) is 1. The molecule has 1 heterocycles. The van der Waals surface area contributed by atoms with E-state index in [1.807, 2.05) is 0 Å². The van der Waals surface area contributed by atoms with Crippen molar-refractivity contribution in [2.45, 2.75) is 16.1 Å². The normalized spacial score (nSPS) is 29.9. The van der Waals surface area contributed by atoms with Crippen molar-refractivity contribution in [1.29, 1.82) is 0 Å². The zero-order valence-corrected chi connectivity index (χ0v) is 21.1. The SMILES string of the molecule is COc1ccc(NC(=O)c2ccccc2N2C(=O)[C@@H]3[C@H]4C[C@@H]([C@H](Br)[C@H]4Br)[C@H]3C2=O)c(OC)c1. The molecule has 5 rings (SSSR count). The molecule has 2 saturated carbocycles. The average molecular weight is 578 g/mol. The van der Waals surface area contributed by atoms with Crippen molar-refractivity contribution in [2.75, 3.05) is 24.4 Å². The lowest BCUT2D eigenvalue weighted by molar-refractivity contribution is -0.123. The van der Waals surface area contributed by atoms with Gasteiger partial charge in [0.1, 0.15) is 11.5 Å². The summed E-state index contributed by atoms with van der Waals surface area (Å²) >= 11 is 7.41. The maximum atomic E-state index is 13.4. The van der Waals surface area contributed by atoms with Gasteiger partial charge < -0.3 is 14.8 Å². The summed E-state index contributed by atoms with van der Waals surface area (Å²) in [6.45, 7) is 0. The number of fused-ring (bicyclic) bond motifs is 5. The molecule has 1 aliphatic heterocycles. The van der Waals surface area contributed by atoms with Crippen LogP contribution in [-0.2, 0) is 9.59 Å². The number of imide groups is 1. The fourth-order valence-corrected chi connectivity index (χ4v) is 7.41. The van der Waals surface area contributed by atoms with Crippen LogP contribution in [0.25, 0.3) is 0 Å². The van der Waals surface area contributed by atoms with Crippen LogP contribution in [0.2, 0.25) is 0 Å². The van der Waals surface area contributed by atoms with Crippen molar-refractivity contribution in [3.63, 3.8) is 0 Å². The first kappa shape index (κ1) is 22.4. The number of carbonyl (C=O) groups is 3. The molecule has 6 atom stereocenters. The number of hydrogen-bond acceptors (Lipinski definition) is 5. The number of alkyl halides is 2. The monoisotopic (exact) mass is 576 g/mol. The molecule has 2 aromatic rings. The van der Waals surface area contributed by atoms with E-state index in [0.717, 1.165) is 6.42 Å². The Kier molecular flexibility index (Phi) is 5.73. The lowest BCUT2D eigenvalue weighted by Crippen LogP contribution is -2.37. The predicted octanol–water partition coefficient (Wildman–Crippen LogP) is 4.24. The molecule has 0 spiro atoms. The molecular formula is C24H22Br2N2O5. The van der Waals surface area contributed by atoms with Gasteiger partial charge in [-0.1, -0.05) is 44.0 Å². The second-order valence-corrected chi connectivity index (χ2v) is 10.7. The van der Waals surface area contributed by atoms with Crippen molar-refractivity contribution < 1.29 is 23.9 Å². The first-order chi connectivity index (χ1) is 15.9. The summed E-state index contributed by atoms with van der Waals surface area (Å²) in [5.41, 5.74) is 1.01. The van der Waals surface area contributed by atoms with E-state index < -0.39 is 5.91 Å². The number of anilines is 2. The fraction of sp³-hybridized carbons (Fsp3) is 0.375. The van der Waals surface area contributed by atoms with Crippen LogP contribution in [0, 0.1) is 23.7 Å². The molecule has 1 saturated heterocycles. The number of carbonyl (C=O) groups excluding carboxylic acids is 3. The Hall–Kier alpha value is -2.39. The molecule has 0 radical (unpaired) electrons. The van der Waals surface area contributed by atoms with Crippen molar-refractivity contribution >= 4 is 61.0 Å². The van der Waals surface area contributed by atoms with Gasteiger partial charge in [-0.05, 0) is 42.5 Å². The van der Waals surface area contributed by atoms with Crippen molar-refractivity contribution in [1.82, 2.24) is 0 Å². The van der Waals surface area contributed by atoms with Gasteiger partial charge in [0, 0.05) is 15.7 Å². The summed E-state index contributed by atoms with van der Waals surface area (Å²) in [6, 6.07) is 11.8. The van der Waals surface area contributed by atoms with Crippen molar-refractivity contribution in [3.8, 4) is 11.5 Å². The molecule has 9 heteroatoms. The smallest absolute Gasteiger partial charge is 0.257 e. The summed E-state index contributed by atoms with van der Waals surface area (Å²) in [6.07, 6.45) is 0.853. The second kappa shape index (κ2) is 8.43. The molecule has 33 heavy (non-hydrogen) atoms. The Morgan fingerprint density at radius 1 is 0.970 bits per heavy atom. The Morgan fingerprint density at radius 2 is 1.61 bits per heavy atom. The van der Waals surface area contributed by atoms with Crippen molar-refractivity contribution in [3.05, 3.63) is 48.0 Å². The van der Waals surface area contributed by atoms with Crippen molar-refractivity contribution in [2.24, 2.45) is 23.7 Å². The first-order valence-electron chi connectivity index (χ1n) is 10.7. The van der Waals surface area contributed by atoms with E-state index in [9.17, 15) is 14.4 Å². The number of benzene rings is 2. The van der Waals surface area contributed by atoms with E-state index in [-0.39, 0.29) is 50.7 Å². The molecular weight excluding hydrogens is 556 g/mol. The Balaban J connectivity index is 1.46. The molecule has 2 aromatic carbocycles. The highest BCUT2D eigenvalue weighted by atomic mass is 79.9. The van der Waals surface area contributed by atoms with Gasteiger partial charge in [0.25, 0.3) is 5.91 Å². The van der Waals surface area contributed by atoms with Crippen LogP contribution in [0.3, 0.4) is 0 Å². The number of ether oxygens (including phenoxy) is 2. The minimum absolute atomic E-state index is 0.107. The summed E-state index contributed by atoms with van der Waals surface area (Å²) in [5, 5.41) is 2.83. The summed E-state index contributed by atoms with van der Waals surface area (Å²) in [5.74, 6) is -0.331. The highest BCUT2D eigenvalue weighted by Gasteiger charge is 2.66. The molecule has 3 amide bonds. The molecule has 3 fully saturated rings. The van der Waals surface area contributed by atoms with E-state index in [2.05, 4.69) is 37.2 Å². The van der Waals surface area contributed by atoms with Crippen LogP contribution in [0.4, 0.5) is 11.4 Å². The van der Waals surface area contributed by atoms with Gasteiger partial charge in [-0.2, -0.15) is 0 Å². The van der Waals surface area contributed by atoms with E-state index in [4.69, 9.17) is 9.47 Å². The van der Waals surface area contributed by atoms with Crippen LogP contribution in [0.15, 0.2) is 42.5 Å². The maximum Gasteiger partial charge on any atom is 0.257 e. The maximum absolute atomic E-state index is 13.4. The van der Waals surface area contributed by atoms with Crippen LogP contribution in [-0.4, -0.2) is 41.6 Å². The second-order valence-electron chi connectivity index (χ2n) is 8.55. The van der Waals surface area contributed by atoms with Crippen LogP contribution in [0.1, 0.15) is 16.8 Å². The predicted molar refractivity (Wildman–Crippen MR) is 130 cm³/mol. The minimum Gasteiger partial charge on any atom is -0.497 e. The zero-order valence-electron chi connectivity index (χ0n) is 18.0. The quantitative estimate of drug-likeness (QED) is 0.424. The minimum atomic E-state index is -0.438. The third-order valence-electron chi connectivity index (χ3n) is 7.03. The number of para-hydroxylation sites is 1. The number of methoxy groups -OCH3 is 2. The molecule has 2 aliphatic carbocycles. The van der Waals surface area contributed by atoms with E-state index in [1.165, 1.54) is 12.0 Å². The van der Waals surface area contributed by atoms with Crippen LogP contribution < -0.4 is 19.7 Å². The van der Waals surface area contributed by atoms with E-state index >= 15 is 0 Å². The average Bonchev–Trinajstić information content (AvgIpc) is 3.44. The van der Waals surface area contributed by atoms with Crippen LogP contribution in [0.5, 0.6) is 11.5 Å². The summed E-state index contributed by atoms with van der Waals surface area (Å²) in [7, 11) is 3.05. The van der Waals surface area contributed by atoms with Gasteiger partial charge in [0.05, 0.1) is 43.0 Å². The molecule has 0 unspecified atom stereocenters. The van der Waals surface area contributed by atoms with Gasteiger partial charge in [0.2, 0.25) is 11.8 Å². The number of nitrogens with zero attached hydrogens (tertiary/aromatic N) is 1. The standard InChI is InChI=1S/C24H22Br2N2O5/c1-32-11-7-8-15(17(9-11)33-2)27-22(29)12-5-3-4-6-16(12)28-23(30)18-13-10-14(19(18)24(28)31)21(26)20(13)25/h3-9,13-14,18-21H,10H2,1-2H3,(H,27,29)/t13-,14-,18-,19-,20+,21+/m1/s1. The Bertz CT molecular complexity index is 1120. The van der Waals surface area contributed by atoms with E-state index in [1.54, 1.807) is 49.6 Å². The highest BCUT2D eigenvalue weighted by molar-refractivity contribution is 9.12.